The van der Waals surface area contributed by atoms with Gasteiger partial charge in [0.15, 0.2) is 0 Å². The lowest BCUT2D eigenvalue weighted by molar-refractivity contribution is -0.146. The number of phenols is 1. The predicted molar refractivity (Wildman–Crippen MR) is 132 cm³/mol. The van der Waals surface area contributed by atoms with Crippen molar-refractivity contribution in [1.29, 1.82) is 0 Å². The van der Waals surface area contributed by atoms with Gasteiger partial charge in [-0.2, -0.15) is 0 Å². The number of phenolic OH excluding ortho intramolecular Hbond substituents is 1. The lowest BCUT2D eigenvalue weighted by atomic mass is 9.93. The maximum absolute atomic E-state index is 13.1. The van der Waals surface area contributed by atoms with Crippen molar-refractivity contribution in [2.45, 2.75) is 98.2 Å². The summed E-state index contributed by atoms with van der Waals surface area (Å²) in [7, 11) is 0. The van der Waals surface area contributed by atoms with E-state index in [0.29, 0.717) is 48.4 Å². The van der Waals surface area contributed by atoms with Crippen LogP contribution < -0.4 is 4.74 Å². The molecule has 1 unspecified atom stereocenters. The van der Waals surface area contributed by atoms with Crippen LogP contribution in [0.4, 0.5) is 0 Å². The van der Waals surface area contributed by atoms with E-state index in [9.17, 15) is 9.90 Å². The minimum atomic E-state index is -1.08. The van der Waals surface area contributed by atoms with Crippen molar-refractivity contribution < 1.29 is 19.4 Å². The molecular weight excluding hydrogens is 424 g/mol. The molecule has 0 fully saturated rings. The molecule has 0 saturated carbocycles. The number of allylic oxidation sites excluding steroid dienone is 4. The minimum absolute atomic E-state index is 0.179. The van der Waals surface area contributed by atoms with E-state index in [1.165, 1.54) is 11.1 Å². The van der Waals surface area contributed by atoms with Crippen LogP contribution in [0.3, 0.4) is 0 Å². The normalized spacial score (nSPS) is 18.1. The van der Waals surface area contributed by atoms with Gasteiger partial charge >= 0.3 is 5.97 Å². The zero-order valence-electron chi connectivity index (χ0n) is 20.4. The summed E-state index contributed by atoms with van der Waals surface area (Å²) in [6, 6.07) is 1.72. The van der Waals surface area contributed by atoms with Crippen molar-refractivity contribution in [3.63, 3.8) is 0 Å². The summed E-state index contributed by atoms with van der Waals surface area (Å²) in [6.07, 6.45) is 11.8. The molecule has 0 radical (unpaired) electrons. The topological polar surface area (TPSA) is 55.8 Å². The summed E-state index contributed by atoms with van der Waals surface area (Å²) in [6.45, 7) is 10.2. The Kier molecular flexibility index (Phi) is 10.1. The first-order valence-electron chi connectivity index (χ1n) is 11.9. The number of esters is 1. The van der Waals surface area contributed by atoms with Crippen LogP contribution in [0.15, 0.2) is 29.4 Å². The third-order valence-corrected chi connectivity index (χ3v) is 6.10. The van der Waals surface area contributed by atoms with E-state index in [4.69, 9.17) is 21.1 Å². The number of hydrogen-bond donors (Lipinski definition) is 1. The van der Waals surface area contributed by atoms with E-state index in [0.717, 1.165) is 37.7 Å². The van der Waals surface area contributed by atoms with E-state index in [-0.39, 0.29) is 11.7 Å². The molecule has 0 spiro atoms. The molecule has 0 aromatic heterocycles. The lowest BCUT2D eigenvalue weighted by Gasteiger charge is -2.36. The predicted octanol–water partition coefficient (Wildman–Crippen LogP) is 7.64. The molecule has 178 valence electrons. The first kappa shape index (κ1) is 26.3. The highest BCUT2D eigenvalue weighted by Crippen LogP contribution is 2.43. The molecule has 4 nitrogen and oxygen atoms in total. The smallest absolute Gasteiger partial charge is 0.345 e. The molecule has 1 aliphatic rings. The van der Waals surface area contributed by atoms with E-state index in [1.807, 2.05) is 0 Å². The van der Waals surface area contributed by atoms with Gasteiger partial charge < -0.3 is 14.6 Å². The number of unbranched alkanes of at least 4 members (excludes halogenated alkanes) is 2. The number of carbonyl (C=O) groups is 1. The minimum Gasteiger partial charge on any atom is -0.508 e. The van der Waals surface area contributed by atoms with E-state index >= 15 is 0 Å². The first-order valence-corrected chi connectivity index (χ1v) is 12.4. The number of fused-ring (bicyclic) bond motifs is 1. The molecule has 0 amide bonds. The molecule has 5 heteroatoms. The van der Waals surface area contributed by atoms with Gasteiger partial charge in [0, 0.05) is 24.8 Å². The number of halogens is 1. The van der Waals surface area contributed by atoms with Crippen molar-refractivity contribution in [3.05, 3.63) is 46.1 Å². The second-order valence-electron chi connectivity index (χ2n) is 9.19. The maximum atomic E-state index is 13.1. The fraction of sp³-hybridized carbons (Fsp3) is 0.593. The summed E-state index contributed by atoms with van der Waals surface area (Å²) in [5, 5.41) is 10.9. The van der Waals surface area contributed by atoms with Gasteiger partial charge in [-0.15, -0.1) is 11.6 Å². The van der Waals surface area contributed by atoms with Crippen LogP contribution in [0, 0.1) is 0 Å². The van der Waals surface area contributed by atoms with Gasteiger partial charge in [-0.1, -0.05) is 43.1 Å². The quantitative estimate of drug-likeness (QED) is 0.150. The van der Waals surface area contributed by atoms with Crippen LogP contribution >= 0.6 is 11.6 Å². The summed E-state index contributed by atoms with van der Waals surface area (Å²) in [5.41, 5.74) is 4.46. The van der Waals surface area contributed by atoms with Crippen molar-refractivity contribution >= 4 is 17.6 Å². The van der Waals surface area contributed by atoms with Crippen molar-refractivity contribution in [3.8, 4) is 11.5 Å². The third kappa shape index (κ3) is 7.30. The Hall–Kier alpha value is -1.94. The average Bonchev–Trinajstić information content (AvgIpc) is 2.71. The van der Waals surface area contributed by atoms with E-state index < -0.39 is 5.79 Å². The highest BCUT2D eigenvalue weighted by Gasteiger charge is 2.40. The zero-order valence-corrected chi connectivity index (χ0v) is 21.1. The Morgan fingerprint density at radius 1 is 1.16 bits per heavy atom. The number of cyclic esters (lactones) is 1. The highest BCUT2D eigenvalue weighted by molar-refractivity contribution is 6.17. The molecule has 1 aromatic rings. The van der Waals surface area contributed by atoms with Crippen molar-refractivity contribution in [1.82, 2.24) is 0 Å². The molecule has 0 bridgehead atoms. The number of aryl methyl sites for hydroxylation is 1. The molecule has 0 aliphatic carbocycles. The van der Waals surface area contributed by atoms with Gasteiger partial charge in [-0.05, 0) is 70.9 Å². The summed E-state index contributed by atoms with van der Waals surface area (Å²) in [5.74, 6) is -0.340. The SMILES string of the molecule is CCCCCc1cc(O)c(CC=C(C)CCC=C(C)C)c2c1C(=O)OC(C)(CCCCl)O2. The van der Waals surface area contributed by atoms with Gasteiger partial charge in [-0.3, -0.25) is 0 Å². The maximum Gasteiger partial charge on any atom is 0.345 e. The Morgan fingerprint density at radius 3 is 2.56 bits per heavy atom. The zero-order chi connectivity index (χ0) is 23.7. The van der Waals surface area contributed by atoms with Gasteiger partial charge in [-0.25, -0.2) is 4.79 Å². The van der Waals surface area contributed by atoms with Crippen LogP contribution in [0.5, 0.6) is 11.5 Å². The molecule has 2 rings (SSSR count). The van der Waals surface area contributed by atoms with Gasteiger partial charge in [0.05, 0.1) is 0 Å². The number of benzene rings is 1. The molecule has 1 aliphatic heterocycles. The number of aromatic hydroxyl groups is 1. The fourth-order valence-corrected chi connectivity index (χ4v) is 4.11. The molecule has 1 aromatic carbocycles. The number of carbonyl (C=O) groups excluding carboxylic acids is 1. The van der Waals surface area contributed by atoms with Gasteiger partial charge in [0.25, 0.3) is 5.79 Å². The summed E-state index contributed by atoms with van der Waals surface area (Å²) < 4.78 is 12.0. The van der Waals surface area contributed by atoms with Crippen LogP contribution in [-0.2, 0) is 17.6 Å². The number of ether oxygens (including phenoxy) is 2. The molecule has 1 heterocycles. The molecule has 0 saturated heterocycles. The van der Waals surface area contributed by atoms with Crippen LogP contribution in [0.25, 0.3) is 0 Å². The Morgan fingerprint density at radius 2 is 1.91 bits per heavy atom. The average molecular weight is 463 g/mol. The van der Waals surface area contributed by atoms with E-state index in [2.05, 4.69) is 39.8 Å². The highest BCUT2D eigenvalue weighted by atomic mass is 35.5. The molecule has 32 heavy (non-hydrogen) atoms. The summed E-state index contributed by atoms with van der Waals surface area (Å²) in [4.78, 5) is 13.1. The van der Waals surface area contributed by atoms with Crippen LogP contribution in [0.1, 0.15) is 101 Å². The van der Waals surface area contributed by atoms with Gasteiger partial charge in [0.1, 0.15) is 17.1 Å². The Balaban J connectivity index is 2.40. The Bertz CT molecular complexity index is 852. The van der Waals surface area contributed by atoms with Crippen molar-refractivity contribution in [2.75, 3.05) is 5.88 Å². The first-order chi connectivity index (χ1) is 15.2. The van der Waals surface area contributed by atoms with Crippen molar-refractivity contribution in [2.24, 2.45) is 0 Å². The second kappa shape index (κ2) is 12.3. The number of alkyl halides is 1. The van der Waals surface area contributed by atoms with Crippen LogP contribution in [-0.4, -0.2) is 22.7 Å². The van der Waals surface area contributed by atoms with E-state index in [1.54, 1.807) is 13.0 Å². The Labute approximate surface area is 198 Å². The number of hydrogen-bond acceptors (Lipinski definition) is 4. The molecular formula is C27H39ClO4. The van der Waals surface area contributed by atoms with Crippen LogP contribution in [0.2, 0.25) is 0 Å². The number of rotatable bonds is 12. The fourth-order valence-electron chi connectivity index (χ4n) is 3.97. The largest absolute Gasteiger partial charge is 0.508 e. The monoisotopic (exact) mass is 462 g/mol. The third-order valence-electron chi connectivity index (χ3n) is 5.83. The lowest BCUT2D eigenvalue weighted by Crippen LogP contribution is -2.42. The molecule has 1 atom stereocenters. The molecule has 1 N–H and O–H groups in total. The second-order valence-corrected chi connectivity index (χ2v) is 9.57. The van der Waals surface area contributed by atoms with Gasteiger partial charge in [0.2, 0.25) is 0 Å². The summed E-state index contributed by atoms with van der Waals surface area (Å²) >= 11 is 5.87. The standard InChI is InChI=1S/C27H39ClO4/c1-6-7-8-13-21-18-23(29)22(15-14-20(4)12-9-11-19(2)3)25-24(21)26(30)32-27(5,31-25)16-10-17-28/h11,14,18,29H,6-10,12-13,15-17H2,1-5H3.